The second kappa shape index (κ2) is 34.7. The van der Waals surface area contributed by atoms with Crippen LogP contribution in [0.2, 0.25) is 20.1 Å². The molecule has 0 radical (unpaired) electrons. The minimum atomic E-state index is -4.39. The highest BCUT2D eigenvalue weighted by atomic mass is 79.9. The number of hydrogen-bond acceptors (Lipinski definition) is 15. The number of nitrogens with one attached hydrogen (secondary N) is 3. The third-order valence-electron chi connectivity index (χ3n) is 13.0. The fraction of sp³-hybridized carbons (Fsp3) is 0.129. The lowest BCUT2D eigenvalue weighted by Crippen LogP contribution is -2.29. The van der Waals surface area contributed by atoms with Gasteiger partial charge in [0.05, 0.1) is 32.4 Å². The standard InChI is InChI=1S/C17H14BrClN2O4S.C12H12ClNO2.C12H10ClNO2.C9H6ClNO.C7H6BF3O2.C5H3BrClNO2S/c1-25-17(22)5-2-11-10-21(16-4-3-13(19)7-15(11)16)26(23,24)14-6-12(18)8-20-9-14;2*1-16-12(15)5-2-8-7-14-11-4-3-9(13)6-10(8)11;10-7-1-2-9-8(3-7)6(5-12)4-11-9;9-7(10,11)5-1-3-6(4-2-5)8(12)13;6-4-1-5(3-8-2-4)11(7,9)10/h3-4,6-10H,2,5H2,1H3;3-4,6-7,14H,2,5H2,1H3;2-7,14H,1H3;1-5,11H;1-4,12-13H;1-3H/b;;5-2+;;;. The fourth-order valence-corrected chi connectivity index (χ4v) is 12.2. The molecule has 0 saturated heterocycles. The maximum atomic E-state index is 13.1. The average molecular weight is 1560 g/mol. The number of ether oxygens (including phenoxy) is 3. The first-order valence-corrected chi connectivity index (χ1v) is 33.7. The number of aryl methyl sites for hydroxylation is 2. The van der Waals surface area contributed by atoms with Crippen LogP contribution in [-0.2, 0) is 66.7 Å². The lowest BCUT2D eigenvalue weighted by atomic mass is 9.80. The van der Waals surface area contributed by atoms with Gasteiger partial charge in [0.2, 0.25) is 0 Å². The molecule has 0 amide bonds. The SMILES string of the molecule is COC(=O)/C=C/c1c[nH]c2ccc(Cl)cc12.COC(=O)CCc1c[nH]c2ccc(Cl)cc12.COC(=O)CCc1cn(S(=O)(=O)c2cncc(Br)c2)c2ccc(Cl)cc12.O=Cc1c[nH]c2ccc(Cl)cc12.O=S(=O)(Cl)c1cncc(Br)c1.OB(O)c1ccc(C(F)(F)F)cc1. The number of aldehydes is 1. The van der Waals surface area contributed by atoms with Crippen LogP contribution in [-0.4, -0.2) is 108 Å². The third-order valence-corrected chi connectivity index (χ3v) is 17.8. The number of methoxy groups -OCH3 is 3. The van der Waals surface area contributed by atoms with Crippen LogP contribution in [0.5, 0.6) is 0 Å². The summed E-state index contributed by atoms with van der Waals surface area (Å²) in [5.41, 5.74) is 5.98. The van der Waals surface area contributed by atoms with Gasteiger partial charge >= 0.3 is 31.2 Å². The summed E-state index contributed by atoms with van der Waals surface area (Å²) in [6.45, 7) is 0. The molecule has 11 aromatic rings. The summed E-state index contributed by atoms with van der Waals surface area (Å²) in [5.74, 6) is -0.945. The Bertz CT molecular complexity index is 4750. The number of carbonyl (C=O) groups excluding carboxylic acids is 4. The zero-order valence-corrected chi connectivity index (χ0v) is 57.6. The number of H-pyrrole nitrogens is 3. The van der Waals surface area contributed by atoms with Crippen molar-refractivity contribution in [2.24, 2.45) is 0 Å². The number of carbonyl (C=O) groups is 4. The van der Waals surface area contributed by atoms with Crippen molar-refractivity contribution in [3.63, 3.8) is 0 Å². The minimum absolute atomic E-state index is 0.00598. The zero-order valence-electron chi connectivity index (χ0n) is 49.0. The first kappa shape index (κ1) is 75.5. The number of nitrogens with zero attached hydrogens (tertiary/aromatic N) is 3. The molecule has 0 bridgehead atoms. The van der Waals surface area contributed by atoms with E-state index >= 15 is 0 Å². The van der Waals surface area contributed by atoms with E-state index in [9.17, 15) is 49.2 Å². The number of fused-ring (bicyclic) bond motifs is 4. The highest BCUT2D eigenvalue weighted by Gasteiger charge is 2.30. The molecule has 5 N–H and O–H groups in total. The summed E-state index contributed by atoms with van der Waals surface area (Å²) in [7, 11) is -0.141. The second-order valence-electron chi connectivity index (χ2n) is 19.2. The van der Waals surface area contributed by atoms with Gasteiger partial charge < -0.3 is 39.2 Å². The first-order valence-electron chi connectivity index (χ1n) is 26.8. The number of aromatic amines is 3. The molecule has 0 aliphatic carbocycles. The monoisotopic (exact) mass is 1550 g/mol. The number of esters is 3. The molecular weight excluding hydrogens is 1510 g/mol. The van der Waals surface area contributed by atoms with Crippen molar-refractivity contribution in [3.05, 3.63) is 222 Å². The number of hydrogen-bond donors (Lipinski definition) is 5. The van der Waals surface area contributed by atoms with Crippen molar-refractivity contribution >= 4 is 194 Å². The van der Waals surface area contributed by atoms with E-state index in [4.69, 9.17) is 67.1 Å². The Morgan fingerprint density at radius 3 is 1.54 bits per heavy atom. The lowest BCUT2D eigenvalue weighted by Gasteiger charge is -2.07. The number of benzene rings is 5. The van der Waals surface area contributed by atoms with Gasteiger partial charge in [-0.05, 0) is 152 Å². The van der Waals surface area contributed by atoms with Crippen LogP contribution in [0.1, 0.15) is 45.5 Å². The molecule has 0 fully saturated rings. The molecule has 0 spiro atoms. The van der Waals surface area contributed by atoms with E-state index in [-0.39, 0.29) is 39.6 Å². The van der Waals surface area contributed by atoms with Gasteiger partial charge in [-0.3, -0.25) is 24.4 Å². The Morgan fingerprint density at radius 2 is 1.06 bits per heavy atom. The predicted molar refractivity (Wildman–Crippen MR) is 365 cm³/mol. The Balaban J connectivity index is 0.000000184. The summed E-state index contributed by atoms with van der Waals surface area (Å²) in [6.07, 6.45) is 13.4. The molecule has 0 saturated carbocycles. The van der Waals surface area contributed by atoms with Crippen LogP contribution in [0.15, 0.2) is 184 Å². The van der Waals surface area contributed by atoms with Gasteiger partial charge in [-0.25, -0.2) is 25.6 Å². The maximum absolute atomic E-state index is 13.1. The van der Waals surface area contributed by atoms with Crippen molar-refractivity contribution in [1.29, 1.82) is 0 Å². The number of rotatable bonds is 13. The van der Waals surface area contributed by atoms with Gasteiger partial charge in [0.25, 0.3) is 19.1 Å². The Kier molecular flexibility index (Phi) is 27.9. The molecule has 11 rings (SSSR count). The predicted octanol–water partition coefficient (Wildman–Crippen LogP) is 14.5. The molecule has 6 aromatic heterocycles. The van der Waals surface area contributed by atoms with Crippen molar-refractivity contribution in [2.75, 3.05) is 21.3 Å². The van der Waals surface area contributed by atoms with E-state index in [0.717, 1.165) is 74.4 Å². The summed E-state index contributed by atoms with van der Waals surface area (Å²) in [5, 5.41) is 23.3. The maximum Gasteiger partial charge on any atom is 0.488 e. The van der Waals surface area contributed by atoms with Crippen LogP contribution >= 0.6 is 88.9 Å². The van der Waals surface area contributed by atoms with Crippen LogP contribution in [0.4, 0.5) is 13.2 Å². The number of aromatic nitrogens is 6. The van der Waals surface area contributed by atoms with Crippen molar-refractivity contribution in [2.45, 2.75) is 41.7 Å². The Morgan fingerprint density at radius 1 is 0.606 bits per heavy atom. The van der Waals surface area contributed by atoms with Crippen LogP contribution in [0, 0.1) is 0 Å². The molecule has 0 aliphatic heterocycles. The highest BCUT2D eigenvalue weighted by molar-refractivity contribution is 9.10. The minimum Gasteiger partial charge on any atom is -0.469 e. The van der Waals surface area contributed by atoms with E-state index in [0.29, 0.717) is 70.3 Å². The zero-order chi connectivity index (χ0) is 69.1. The van der Waals surface area contributed by atoms with Gasteiger partial charge in [-0.2, -0.15) is 13.2 Å². The van der Waals surface area contributed by atoms with Gasteiger partial charge in [-0.1, -0.05) is 70.7 Å². The Hall–Kier alpha value is -7.54. The highest BCUT2D eigenvalue weighted by Crippen LogP contribution is 2.32. The first-order chi connectivity index (χ1) is 44.4. The summed E-state index contributed by atoms with van der Waals surface area (Å²) < 4.78 is 99.6. The van der Waals surface area contributed by atoms with Crippen molar-refractivity contribution in [3.8, 4) is 0 Å². The molecular formula is C62H51BBr2Cl5F3N6O13S2. The number of alkyl halides is 3. The van der Waals surface area contributed by atoms with E-state index < -0.39 is 37.9 Å². The molecule has 5 aromatic carbocycles. The number of pyridine rings is 2. The molecule has 32 heteroatoms. The van der Waals surface area contributed by atoms with Crippen LogP contribution in [0.25, 0.3) is 49.7 Å². The fourth-order valence-electron chi connectivity index (χ4n) is 8.38. The topological polar surface area (TPSA) is 283 Å². The summed E-state index contributed by atoms with van der Waals surface area (Å²) >= 11 is 30.0. The van der Waals surface area contributed by atoms with E-state index in [1.807, 2.05) is 54.9 Å². The molecule has 94 heavy (non-hydrogen) atoms. The summed E-state index contributed by atoms with van der Waals surface area (Å²) in [6, 6.07) is 28.1. The summed E-state index contributed by atoms with van der Waals surface area (Å²) in [4.78, 5) is 60.8. The van der Waals surface area contributed by atoms with Gasteiger partial charge in [0, 0.05) is 157 Å². The van der Waals surface area contributed by atoms with Crippen LogP contribution in [0.3, 0.4) is 0 Å². The van der Waals surface area contributed by atoms with E-state index in [2.05, 4.69) is 71.0 Å². The molecule has 0 aliphatic rings. The van der Waals surface area contributed by atoms with E-state index in [1.165, 1.54) is 74.5 Å². The molecule has 0 unspecified atom stereocenters. The average Bonchev–Trinajstić information content (AvgIpc) is 1.59. The quantitative estimate of drug-likeness (QED) is 0.0179. The van der Waals surface area contributed by atoms with Crippen LogP contribution < -0.4 is 5.46 Å². The van der Waals surface area contributed by atoms with Crippen molar-refractivity contribution in [1.82, 2.24) is 28.9 Å². The Labute approximate surface area is 577 Å². The van der Waals surface area contributed by atoms with E-state index in [1.54, 1.807) is 42.6 Å². The molecule has 19 nitrogen and oxygen atoms in total. The van der Waals surface area contributed by atoms with Gasteiger partial charge in [0.15, 0.2) is 6.29 Å². The molecule has 0 atom stereocenters. The second-order valence-corrected chi connectivity index (χ2v) is 27.2. The number of halogens is 10. The smallest absolute Gasteiger partial charge is 0.469 e. The normalized spacial score (nSPS) is 11.2. The molecule has 492 valence electrons. The third kappa shape index (κ3) is 21.8. The lowest BCUT2D eigenvalue weighted by molar-refractivity contribution is -0.141. The van der Waals surface area contributed by atoms with Gasteiger partial charge in [-0.15, -0.1) is 0 Å². The largest absolute Gasteiger partial charge is 0.488 e. The van der Waals surface area contributed by atoms with Gasteiger partial charge in [0.1, 0.15) is 9.79 Å². The molecule has 6 heterocycles. The van der Waals surface area contributed by atoms with Crippen molar-refractivity contribution < 1.29 is 73.4 Å².